The van der Waals surface area contributed by atoms with Gasteiger partial charge in [0.25, 0.3) is 0 Å². The van der Waals surface area contributed by atoms with Crippen LogP contribution < -0.4 is 5.32 Å². The van der Waals surface area contributed by atoms with Crippen LogP contribution in [0.15, 0.2) is 0 Å². The molecule has 0 spiro atoms. The first-order valence-corrected chi connectivity index (χ1v) is 10.0. The minimum Gasteiger partial charge on any atom is -0.317 e. The number of rotatable bonds is 11. The zero-order chi connectivity index (χ0) is 13.8. The first-order valence-electron chi connectivity index (χ1n) is 8.30. The molecule has 2 nitrogen and oxygen atoms in total. The lowest BCUT2D eigenvalue weighted by molar-refractivity contribution is 0.342. The highest BCUT2D eigenvalue weighted by Crippen LogP contribution is 2.20. The van der Waals surface area contributed by atoms with Crippen LogP contribution in [0.4, 0.5) is 0 Å². The highest BCUT2D eigenvalue weighted by Gasteiger charge is 2.11. The fraction of sp³-hybridized carbons (Fsp3) is 1.00. The van der Waals surface area contributed by atoms with Gasteiger partial charge in [0.1, 0.15) is 0 Å². The van der Waals surface area contributed by atoms with E-state index >= 15 is 0 Å². The van der Waals surface area contributed by atoms with Gasteiger partial charge in [-0.05, 0) is 38.3 Å². The third-order valence-electron chi connectivity index (χ3n) is 4.25. The quantitative estimate of drug-likeness (QED) is 0.584. The van der Waals surface area contributed by atoms with Crippen molar-refractivity contribution in [3.8, 4) is 0 Å². The fourth-order valence-corrected chi connectivity index (χ4v) is 3.58. The van der Waals surface area contributed by atoms with E-state index in [1.54, 1.807) is 0 Å². The van der Waals surface area contributed by atoms with E-state index in [0.29, 0.717) is 0 Å². The monoisotopic (exact) mass is 287 g/mol. The summed E-state index contributed by atoms with van der Waals surface area (Å²) in [5.41, 5.74) is 0. The van der Waals surface area contributed by atoms with E-state index in [4.69, 9.17) is 0 Å². The molecule has 0 amide bonds. The maximum absolute atomic E-state index is 10.9. The molecule has 1 unspecified atom stereocenters. The Labute approximate surface area is 122 Å². The molecule has 0 radical (unpaired) electrons. The molecule has 3 heteroatoms. The lowest BCUT2D eigenvalue weighted by Gasteiger charge is -2.22. The van der Waals surface area contributed by atoms with Crippen molar-refractivity contribution in [1.29, 1.82) is 0 Å². The first-order chi connectivity index (χ1) is 9.29. The van der Waals surface area contributed by atoms with E-state index in [1.807, 2.05) is 6.26 Å². The summed E-state index contributed by atoms with van der Waals surface area (Å²) in [6.45, 7) is 2.49. The van der Waals surface area contributed by atoms with Gasteiger partial charge >= 0.3 is 0 Å². The molecule has 0 bridgehead atoms. The maximum Gasteiger partial charge on any atom is 0.0232 e. The Kier molecular flexibility index (Phi) is 10.7. The molecule has 1 rings (SSSR count). The molecule has 1 atom stereocenters. The lowest BCUT2D eigenvalue weighted by atomic mass is 9.92. The predicted molar refractivity (Wildman–Crippen MR) is 86.1 cm³/mol. The van der Waals surface area contributed by atoms with Gasteiger partial charge in [0.15, 0.2) is 0 Å². The summed E-state index contributed by atoms with van der Waals surface area (Å²) in [7, 11) is -0.584. The summed E-state index contributed by atoms with van der Waals surface area (Å²) in [6, 6.07) is 0. The van der Waals surface area contributed by atoms with E-state index in [2.05, 4.69) is 5.32 Å². The Morgan fingerprint density at radius 1 is 0.895 bits per heavy atom. The van der Waals surface area contributed by atoms with E-state index in [-0.39, 0.29) is 0 Å². The number of nitrogens with one attached hydrogen (secondary N) is 1. The van der Waals surface area contributed by atoms with Crippen LogP contribution >= 0.6 is 0 Å². The molecule has 0 aromatic carbocycles. The summed E-state index contributed by atoms with van der Waals surface area (Å²) in [5, 5.41) is 3.44. The Morgan fingerprint density at radius 2 is 1.42 bits per heavy atom. The molecule has 0 aliphatic carbocycles. The molecule has 1 N–H and O–H groups in total. The van der Waals surface area contributed by atoms with Crippen LogP contribution in [-0.2, 0) is 10.8 Å². The largest absolute Gasteiger partial charge is 0.317 e. The summed E-state index contributed by atoms with van der Waals surface area (Å²) < 4.78 is 10.9. The third kappa shape index (κ3) is 10.5. The van der Waals surface area contributed by atoms with Gasteiger partial charge in [-0.25, -0.2) is 0 Å². The standard InChI is InChI=1S/C16H33NOS/c1-19(18)15-9-7-5-3-2-4-6-8-10-16-11-13-17-14-12-16/h16-17H,2-15H2,1H3. The summed E-state index contributed by atoms with van der Waals surface area (Å²) in [6.07, 6.45) is 16.9. The van der Waals surface area contributed by atoms with Crippen molar-refractivity contribution in [2.75, 3.05) is 25.1 Å². The topological polar surface area (TPSA) is 29.1 Å². The highest BCUT2D eigenvalue weighted by molar-refractivity contribution is 7.84. The Bertz CT molecular complexity index is 227. The molecule has 1 saturated heterocycles. The number of unbranched alkanes of at least 4 members (excludes halogenated alkanes) is 7. The molecular weight excluding hydrogens is 254 g/mol. The van der Waals surface area contributed by atoms with Crippen LogP contribution in [0.3, 0.4) is 0 Å². The van der Waals surface area contributed by atoms with Gasteiger partial charge in [0.2, 0.25) is 0 Å². The molecule has 0 saturated carbocycles. The van der Waals surface area contributed by atoms with Gasteiger partial charge in [0.05, 0.1) is 0 Å². The van der Waals surface area contributed by atoms with E-state index < -0.39 is 10.8 Å². The first kappa shape index (κ1) is 17.2. The molecule has 114 valence electrons. The van der Waals surface area contributed by atoms with Gasteiger partial charge in [-0.15, -0.1) is 0 Å². The van der Waals surface area contributed by atoms with Crippen LogP contribution in [0.1, 0.15) is 70.6 Å². The van der Waals surface area contributed by atoms with Crippen molar-refractivity contribution in [2.24, 2.45) is 5.92 Å². The van der Waals surface area contributed by atoms with Gasteiger partial charge in [-0.1, -0.05) is 51.4 Å². The third-order valence-corrected chi connectivity index (χ3v) is 5.12. The smallest absolute Gasteiger partial charge is 0.0232 e. The second-order valence-electron chi connectivity index (χ2n) is 6.09. The Morgan fingerprint density at radius 3 is 2.00 bits per heavy atom. The van der Waals surface area contributed by atoms with Gasteiger partial charge < -0.3 is 5.32 Å². The zero-order valence-electron chi connectivity index (χ0n) is 12.8. The summed E-state index contributed by atoms with van der Waals surface area (Å²) in [4.78, 5) is 0. The van der Waals surface area contributed by atoms with Crippen molar-refractivity contribution in [2.45, 2.75) is 70.6 Å². The molecule has 0 aromatic rings. The molecular formula is C16H33NOS. The fourth-order valence-electron chi connectivity index (χ4n) is 2.97. The van der Waals surface area contributed by atoms with Crippen molar-refractivity contribution < 1.29 is 4.21 Å². The normalized spacial score (nSPS) is 18.6. The number of piperidine rings is 1. The molecule has 19 heavy (non-hydrogen) atoms. The summed E-state index contributed by atoms with van der Waals surface area (Å²) in [5.74, 6) is 1.91. The average molecular weight is 288 g/mol. The van der Waals surface area contributed by atoms with Crippen molar-refractivity contribution >= 4 is 10.8 Å². The Hall–Kier alpha value is 0.110. The van der Waals surface area contributed by atoms with E-state index in [9.17, 15) is 4.21 Å². The maximum atomic E-state index is 10.9. The van der Waals surface area contributed by atoms with E-state index in [1.165, 1.54) is 77.3 Å². The molecule has 0 aromatic heterocycles. The average Bonchev–Trinajstić information content (AvgIpc) is 2.42. The van der Waals surface area contributed by atoms with Crippen molar-refractivity contribution in [1.82, 2.24) is 5.32 Å². The number of hydrogen-bond acceptors (Lipinski definition) is 2. The van der Waals surface area contributed by atoms with Gasteiger partial charge in [-0.3, -0.25) is 4.21 Å². The SMILES string of the molecule is CS(=O)CCCCCCCCCCC1CCNCC1. The van der Waals surface area contributed by atoms with Crippen LogP contribution in [0, 0.1) is 5.92 Å². The molecule has 1 fully saturated rings. The Balaban J connectivity index is 1.74. The summed E-state index contributed by atoms with van der Waals surface area (Å²) >= 11 is 0. The van der Waals surface area contributed by atoms with E-state index in [0.717, 1.165) is 18.1 Å². The number of hydrogen-bond donors (Lipinski definition) is 1. The minimum absolute atomic E-state index is 0.584. The van der Waals surface area contributed by atoms with Crippen LogP contribution in [0.5, 0.6) is 0 Å². The molecule has 1 aliphatic heterocycles. The van der Waals surface area contributed by atoms with Crippen molar-refractivity contribution in [3.63, 3.8) is 0 Å². The van der Waals surface area contributed by atoms with Crippen LogP contribution in [-0.4, -0.2) is 29.3 Å². The second kappa shape index (κ2) is 11.9. The van der Waals surface area contributed by atoms with Crippen LogP contribution in [0.25, 0.3) is 0 Å². The highest BCUT2D eigenvalue weighted by atomic mass is 32.2. The van der Waals surface area contributed by atoms with Crippen molar-refractivity contribution in [3.05, 3.63) is 0 Å². The van der Waals surface area contributed by atoms with Gasteiger partial charge in [0, 0.05) is 22.8 Å². The van der Waals surface area contributed by atoms with Crippen LogP contribution in [0.2, 0.25) is 0 Å². The lowest BCUT2D eigenvalue weighted by Crippen LogP contribution is -2.27. The predicted octanol–water partition coefficient (Wildman–Crippen LogP) is 3.88. The molecule has 1 aliphatic rings. The van der Waals surface area contributed by atoms with Gasteiger partial charge in [-0.2, -0.15) is 0 Å². The minimum atomic E-state index is -0.584. The second-order valence-corrected chi connectivity index (χ2v) is 7.64. The zero-order valence-corrected chi connectivity index (χ0v) is 13.6. The molecule has 1 heterocycles.